The Morgan fingerprint density at radius 1 is 1.28 bits per heavy atom. The van der Waals surface area contributed by atoms with Crippen molar-refractivity contribution < 1.29 is 22.7 Å². The lowest BCUT2D eigenvalue weighted by Gasteiger charge is -2.21. The van der Waals surface area contributed by atoms with Crippen molar-refractivity contribution in [3.63, 3.8) is 0 Å². The van der Waals surface area contributed by atoms with Crippen LogP contribution >= 0.6 is 0 Å². The van der Waals surface area contributed by atoms with Crippen LogP contribution in [0.5, 0.6) is 5.75 Å². The summed E-state index contributed by atoms with van der Waals surface area (Å²) in [7, 11) is -3.67. The normalized spacial score (nSPS) is 17.3. The SMILES string of the molecule is CCOc1ccc(S(=O)(=O)N(CC)CC)cc1NC(=O)C1CC(=O)N(C(C)C)C1. The van der Waals surface area contributed by atoms with Crippen molar-refractivity contribution >= 4 is 27.5 Å². The fourth-order valence-electron chi connectivity index (χ4n) is 3.40. The van der Waals surface area contributed by atoms with E-state index in [1.807, 2.05) is 20.8 Å². The first-order valence-electron chi connectivity index (χ1n) is 10.0. The highest BCUT2D eigenvalue weighted by Crippen LogP contribution is 2.31. The number of anilines is 1. The standard InChI is InChI=1S/C20H31N3O5S/c1-6-22(7-2)29(26,27)16-9-10-18(28-8-3)17(12-16)21-20(25)15-11-19(24)23(13-15)14(4)5/h9-10,12,14-15H,6-8,11,13H2,1-5H3,(H,21,25). The van der Waals surface area contributed by atoms with Gasteiger partial charge in [0.1, 0.15) is 5.75 Å². The first-order chi connectivity index (χ1) is 13.6. The Balaban J connectivity index is 2.31. The highest BCUT2D eigenvalue weighted by Gasteiger charge is 2.36. The summed E-state index contributed by atoms with van der Waals surface area (Å²) >= 11 is 0. The molecule has 1 heterocycles. The number of nitrogens with one attached hydrogen (secondary N) is 1. The molecule has 1 aromatic rings. The number of benzene rings is 1. The second-order valence-corrected chi connectivity index (χ2v) is 9.15. The fraction of sp³-hybridized carbons (Fsp3) is 0.600. The molecule has 0 saturated carbocycles. The first kappa shape index (κ1) is 23.2. The van der Waals surface area contributed by atoms with E-state index in [1.54, 1.807) is 24.8 Å². The van der Waals surface area contributed by atoms with Gasteiger partial charge in [-0.3, -0.25) is 9.59 Å². The zero-order valence-corrected chi connectivity index (χ0v) is 18.6. The van der Waals surface area contributed by atoms with Crippen LogP contribution in [0.2, 0.25) is 0 Å². The molecular weight excluding hydrogens is 394 g/mol. The molecule has 1 N–H and O–H groups in total. The zero-order valence-electron chi connectivity index (χ0n) is 17.8. The third kappa shape index (κ3) is 5.08. The molecule has 1 aliphatic heterocycles. The second kappa shape index (κ2) is 9.58. The summed E-state index contributed by atoms with van der Waals surface area (Å²) < 4.78 is 32.6. The monoisotopic (exact) mass is 425 g/mol. The molecule has 2 amide bonds. The van der Waals surface area contributed by atoms with E-state index in [9.17, 15) is 18.0 Å². The van der Waals surface area contributed by atoms with Crippen LogP contribution in [0, 0.1) is 5.92 Å². The molecule has 1 unspecified atom stereocenters. The van der Waals surface area contributed by atoms with E-state index in [1.165, 1.54) is 16.4 Å². The van der Waals surface area contributed by atoms with Crippen LogP contribution in [0.25, 0.3) is 0 Å². The molecule has 9 heteroatoms. The highest BCUT2D eigenvalue weighted by molar-refractivity contribution is 7.89. The Labute approximate surface area is 173 Å². The van der Waals surface area contributed by atoms with Gasteiger partial charge in [-0.15, -0.1) is 0 Å². The van der Waals surface area contributed by atoms with Crippen molar-refractivity contribution in [1.29, 1.82) is 0 Å². The van der Waals surface area contributed by atoms with Crippen LogP contribution in [0.1, 0.15) is 41.0 Å². The Bertz CT molecular complexity index is 850. The minimum absolute atomic E-state index is 0.0295. The van der Waals surface area contributed by atoms with Gasteiger partial charge in [0.05, 0.1) is 23.1 Å². The van der Waals surface area contributed by atoms with Crippen molar-refractivity contribution in [2.24, 2.45) is 5.92 Å². The maximum atomic E-state index is 12.8. The molecule has 1 aliphatic rings. The minimum atomic E-state index is -3.67. The molecule has 8 nitrogen and oxygen atoms in total. The average Bonchev–Trinajstić information content (AvgIpc) is 3.06. The molecule has 0 aliphatic carbocycles. The van der Waals surface area contributed by atoms with E-state index < -0.39 is 15.9 Å². The Kier molecular flexibility index (Phi) is 7.65. The van der Waals surface area contributed by atoms with Crippen molar-refractivity contribution in [3.8, 4) is 5.75 Å². The van der Waals surface area contributed by atoms with Gasteiger partial charge in [0, 0.05) is 32.1 Å². The number of likely N-dealkylation sites (tertiary alicyclic amines) is 1. The van der Waals surface area contributed by atoms with Gasteiger partial charge in [0.15, 0.2) is 0 Å². The number of amides is 2. The van der Waals surface area contributed by atoms with E-state index in [2.05, 4.69) is 5.32 Å². The number of rotatable bonds is 9. The molecule has 29 heavy (non-hydrogen) atoms. The third-order valence-electron chi connectivity index (χ3n) is 5.00. The second-order valence-electron chi connectivity index (χ2n) is 7.21. The lowest BCUT2D eigenvalue weighted by atomic mass is 10.1. The number of carbonyl (C=O) groups excluding carboxylic acids is 2. The lowest BCUT2D eigenvalue weighted by molar-refractivity contribution is -0.129. The smallest absolute Gasteiger partial charge is 0.243 e. The quantitative estimate of drug-likeness (QED) is 0.655. The van der Waals surface area contributed by atoms with Crippen LogP contribution in [0.15, 0.2) is 23.1 Å². The first-order valence-corrected chi connectivity index (χ1v) is 11.5. The van der Waals surface area contributed by atoms with Gasteiger partial charge in [-0.2, -0.15) is 4.31 Å². The summed E-state index contributed by atoms with van der Waals surface area (Å²) in [6.45, 7) is 10.6. The molecule has 1 aromatic carbocycles. The van der Waals surface area contributed by atoms with Crippen molar-refractivity contribution in [3.05, 3.63) is 18.2 Å². The largest absolute Gasteiger partial charge is 0.492 e. The average molecular weight is 426 g/mol. The highest BCUT2D eigenvalue weighted by atomic mass is 32.2. The van der Waals surface area contributed by atoms with Crippen LogP contribution < -0.4 is 10.1 Å². The van der Waals surface area contributed by atoms with Crippen molar-refractivity contribution in [2.45, 2.75) is 52.0 Å². The summed E-state index contributed by atoms with van der Waals surface area (Å²) in [6.07, 6.45) is 0.144. The number of carbonyl (C=O) groups is 2. The summed E-state index contributed by atoms with van der Waals surface area (Å²) in [5.74, 6) is -0.463. The molecule has 1 atom stereocenters. The van der Waals surface area contributed by atoms with Crippen LogP contribution in [0.4, 0.5) is 5.69 Å². The predicted molar refractivity (Wildman–Crippen MR) is 111 cm³/mol. The van der Waals surface area contributed by atoms with E-state index in [4.69, 9.17) is 4.74 Å². The maximum absolute atomic E-state index is 12.8. The molecule has 1 fully saturated rings. The number of hydrogen-bond acceptors (Lipinski definition) is 5. The topological polar surface area (TPSA) is 96.0 Å². The van der Waals surface area contributed by atoms with E-state index in [-0.39, 0.29) is 29.2 Å². The molecule has 0 bridgehead atoms. The Morgan fingerprint density at radius 2 is 1.93 bits per heavy atom. The van der Waals surface area contributed by atoms with Crippen molar-refractivity contribution in [2.75, 3.05) is 31.6 Å². The van der Waals surface area contributed by atoms with Gasteiger partial charge in [0.2, 0.25) is 21.8 Å². The molecule has 0 radical (unpaired) electrons. The van der Waals surface area contributed by atoms with Gasteiger partial charge in [-0.05, 0) is 39.0 Å². The fourth-order valence-corrected chi connectivity index (χ4v) is 4.89. The van der Waals surface area contributed by atoms with Crippen LogP contribution in [-0.4, -0.2) is 61.7 Å². The summed E-state index contributed by atoms with van der Waals surface area (Å²) in [5, 5.41) is 2.78. The van der Waals surface area contributed by atoms with Gasteiger partial charge in [-0.25, -0.2) is 8.42 Å². The van der Waals surface area contributed by atoms with Gasteiger partial charge in [0.25, 0.3) is 0 Å². The van der Waals surface area contributed by atoms with Crippen LogP contribution in [-0.2, 0) is 19.6 Å². The lowest BCUT2D eigenvalue weighted by Crippen LogP contribution is -2.33. The number of ether oxygens (including phenoxy) is 1. The molecular formula is C20H31N3O5S. The predicted octanol–water partition coefficient (Wildman–Crippen LogP) is 2.31. The molecule has 2 rings (SSSR count). The van der Waals surface area contributed by atoms with E-state index >= 15 is 0 Å². The Hall–Kier alpha value is -2.13. The van der Waals surface area contributed by atoms with Crippen LogP contribution in [0.3, 0.4) is 0 Å². The minimum Gasteiger partial charge on any atom is -0.492 e. The molecule has 0 aromatic heterocycles. The third-order valence-corrected chi connectivity index (χ3v) is 7.05. The molecule has 0 spiro atoms. The van der Waals surface area contributed by atoms with Gasteiger partial charge >= 0.3 is 0 Å². The number of nitrogens with zero attached hydrogens (tertiary/aromatic N) is 2. The molecule has 162 valence electrons. The Morgan fingerprint density at radius 3 is 2.45 bits per heavy atom. The number of sulfonamides is 1. The molecule has 1 saturated heterocycles. The van der Waals surface area contributed by atoms with Gasteiger partial charge in [-0.1, -0.05) is 13.8 Å². The zero-order chi connectivity index (χ0) is 21.8. The van der Waals surface area contributed by atoms with E-state index in [0.29, 0.717) is 37.7 Å². The summed E-state index contributed by atoms with van der Waals surface area (Å²) in [6, 6.07) is 4.48. The van der Waals surface area contributed by atoms with Gasteiger partial charge < -0.3 is 15.0 Å². The summed E-state index contributed by atoms with van der Waals surface area (Å²) in [5.41, 5.74) is 0.292. The number of hydrogen-bond donors (Lipinski definition) is 1. The maximum Gasteiger partial charge on any atom is 0.243 e. The van der Waals surface area contributed by atoms with E-state index in [0.717, 1.165) is 0 Å². The van der Waals surface area contributed by atoms with Crippen molar-refractivity contribution in [1.82, 2.24) is 9.21 Å². The summed E-state index contributed by atoms with van der Waals surface area (Å²) in [4.78, 5) is 26.7.